The number of hydrogen-bond donors (Lipinski definition) is 1. The van der Waals surface area contributed by atoms with Gasteiger partial charge in [-0.05, 0) is 17.2 Å². The van der Waals surface area contributed by atoms with Gasteiger partial charge in [0.1, 0.15) is 6.29 Å². The van der Waals surface area contributed by atoms with Crippen molar-refractivity contribution in [2.75, 3.05) is 0 Å². The number of hydrogen-bond acceptors (Lipinski definition) is 1. The van der Waals surface area contributed by atoms with Crippen LogP contribution >= 0.6 is 0 Å². The maximum atomic E-state index is 11.2. The van der Waals surface area contributed by atoms with Crippen molar-refractivity contribution in [1.82, 2.24) is 4.98 Å². The molecule has 1 unspecified atom stereocenters. The molecule has 3 rings (SSSR count). The van der Waals surface area contributed by atoms with Crippen molar-refractivity contribution in [3.05, 3.63) is 60.2 Å². The molecular weight excluding hydrogens is 234 g/mol. The van der Waals surface area contributed by atoms with Crippen molar-refractivity contribution in [3.63, 3.8) is 0 Å². The van der Waals surface area contributed by atoms with Crippen molar-refractivity contribution < 1.29 is 4.79 Å². The van der Waals surface area contributed by atoms with E-state index >= 15 is 0 Å². The Bertz CT molecular complexity index is 712. The molecule has 3 aromatic rings. The summed E-state index contributed by atoms with van der Waals surface area (Å²) in [4.78, 5) is 14.7. The van der Waals surface area contributed by atoms with E-state index in [4.69, 9.17) is 0 Å². The minimum atomic E-state index is -0.119. The molecule has 1 aromatic heterocycles. The number of aldehydes is 1. The fourth-order valence-corrected chi connectivity index (χ4v) is 2.54. The molecule has 0 bridgehead atoms. The highest BCUT2D eigenvalue weighted by Crippen LogP contribution is 2.34. The summed E-state index contributed by atoms with van der Waals surface area (Å²) in [6, 6.07) is 18.3. The molecule has 0 aliphatic rings. The largest absolute Gasteiger partial charge is 0.354 e. The summed E-state index contributed by atoms with van der Waals surface area (Å²) in [6.45, 7) is 1.94. The van der Waals surface area contributed by atoms with Gasteiger partial charge in [-0.25, -0.2) is 0 Å². The smallest absolute Gasteiger partial charge is 0.127 e. The van der Waals surface area contributed by atoms with Crippen molar-refractivity contribution in [2.45, 2.75) is 12.8 Å². The van der Waals surface area contributed by atoms with Crippen LogP contribution in [0.15, 0.2) is 54.6 Å². The second kappa shape index (κ2) is 4.73. The van der Waals surface area contributed by atoms with E-state index in [0.717, 1.165) is 34.0 Å². The van der Waals surface area contributed by atoms with Crippen molar-refractivity contribution in [2.24, 2.45) is 0 Å². The van der Waals surface area contributed by atoms with Crippen molar-refractivity contribution in [1.29, 1.82) is 0 Å². The first-order chi connectivity index (χ1) is 9.31. The molecule has 0 fully saturated rings. The zero-order chi connectivity index (χ0) is 13.2. The Morgan fingerprint density at radius 3 is 2.42 bits per heavy atom. The van der Waals surface area contributed by atoms with Crippen LogP contribution in [0, 0.1) is 0 Å². The standard InChI is InChI=1S/C17H15NO/c1-12(11-19)16-14-9-5-6-10-15(14)18-17(16)13-7-3-2-4-8-13/h2-12,18H,1H3. The summed E-state index contributed by atoms with van der Waals surface area (Å²) < 4.78 is 0. The Labute approximate surface area is 112 Å². The Balaban J connectivity index is 2.32. The van der Waals surface area contributed by atoms with Crippen LogP contribution in [-0.2, 0) is 4.79 Å². The molecule has 0 amide bonds. The van der Waals surface area contributed by atoms with Crippen LogP contribution in [0.4, 0.5) is 0 Å². The normalized spacial score (nSPS) is 12.5. The highest BCUT2D eigenvalue weighted by Gasteiger charge is 2.17. The highest BCUT2D eigenvalue weighted by atomic mass is 16.1. The fraction of sp³-hybridized carbons (Fsp3) is 0.118. The zero-order valence-electron chi connectivity index (χ0n) is 10.8. The van der Waals surface area contributed by atoms with Gasteiger partial charge in [-0.1, -0.05) is 55.5 Å². The first-order valence-corrected chi connectivity index (χ1v) is 6.42. The molecule has 1 heterocycles. The molecule has 2 nitrogen and oxygen atoms in total. The summed E-state index contributed by atoms with van der Waals surface area (Å²) in [5.74, 6) is -0.119. The molecule has 94 valence electrons. The van der Waals surface area contributed by atoms with Gasteiger partial charge in [0.2, 0.25) is 0 Å². The summed E-state index contributed by atoms with van der Waals surface area (Å²) in [5.41, 5.74) is 4.31. The molecule has 2 aromatic carbocycles. The molecule has 0 spiro atoms. The van der Waals surface area contributed by atoms with Crippen LogP contribution in [0.5, 0.6) is 0 Å². The first-order valence-electron chi connectivity index (χ1n) is 6.42. The summed E-state index contributed by atoms with van der Waals surface area (Å²) >= 11 is 0. The van der Waals surface area contributed by atoms with Crippen LogP contribution in [0.25, 0.3) is 22.2 Å². The van der Waals surface area contributed by atoms with Crippen LogP contribution in [0.2, 0.25) is 0 Å². The lowest BCUT2D eigenvalue weighted by Gasteiger charge is -2.07. The molecule has 19 heavy (non-hydrogen) atoms. The Morgan fingerprint density at radius 1 is 1.00 bits per heavy atom. The maximum absolute atomic E-state index is 11.2. The van der Waals surface area contributed by atoms with Crippen LogP contribution in [0.1, 0.15) is 18.4 Å². The third-order valence-electron chi connectivity index (χ3n) is 3.47. The molecule has 1 N–H and O–H groups in total. The minimum Gasteiger partial charge on any atom is -0.354 e. The average molecular weight is 249 g/mol. The molecular formula is C17H15NO. The second-order valence-electron chi connectivity index (χ2n) is 4.75. The van der Waals surface area contributed by atoms with Crippen molar-refractivity contribution >= 4 is 17.2 Å². The molecule has 0 aliphatic heterocycles. The molecule has 0 aliphatic carbocycles. The van der Waals surface area contributed by atoms with E-state index in [-0.39, 0.29) is 5.92 Å². The molecule has 2 heteroatoms. The summed E-state index contributed by atoms with van der Waals surface area (Å²) in [6.07, 6.45) is 1.00. The number of nitrogens with one attached hydrogen (secondary N) is 1. The number of H-pyrrole nitrogens is 1. The highest BCUT2D eigenvalue weighted by molar-refractivity contribution is 5.93. The average Bonchev–Trinajstić information content (AvgIpc) is 2.87. The zero-order valence-corrected chi connectivity index (χ0v) is 10.8. The lowest BCUT2D eigenvalue weighted by molar-refractivity contribution is -0.108. The van der Waals surface area contributed by atoms with Gasteiger partial charge in [0.15, 0.2) is 0 Å². The minimum absolute atomic E-state index is 0.119. The van der Waals surface area contributed by atoms with Crippen molar-refractivity contribution in [3.8, 4) is 11.3 Å². The van der Waals surface area contributed by atoms with Crippen LogP contribution in [0.3, 0.4) is 0 Å². The van der Waals surface area contributed by atoms with Gasteiger partial charge in [0.25, 0.3) is 0 Å². The molecule has 0 saturated carbocycles. The Morgan fingerprint density at radius 2 is 1.68 bits per heavy atom. The van der Waals surface area contributed by atoms with Gasteiger partial charge in [0, 0.05) is 16.8 Å². The third-order valence-corrected chi connectivity index (χ3v) is 3.47. The summed E-state index contributed by atoms with van der Waals surface area (Å²) in [7, 11) is 0. The summed E-state index contributed by atoms with van der Waals surface area (Å²) in [5, 5.41) is 1.13. The molecule has 0 saturated heterocycles. The lowest BCUT2D eigenvalue weighted by atomic mass is 9.96. The number of aromatic nitrogens is 1. The van der Waals surface area contributed by atoms with E-state index in [9.17, 15) is 4.79 Å². The predicted molar refractivity (Wildman–Crippen MR) is 78.2 cm³/mol. The van der Waals surface area contributed by atoms with E-state index in [1.165, 1.54) is 0 Å². The van der Waals surface area contributed by atoms with E-state index in [0.29, 0.717) is 0 Å². The van der Waals surface area contributed by atoms with Gasteiger partial charge in [0.05, 0.1) is 5.69 Å². The fourth-order valence-electron chi connectivity index (χ4n) is 2.54. The van der Waals surface area contributed by atoms with Crippen LogP contribution < -0.4 is 0 Å². The topological polar surface area (TPSA) is 32.9 Å². The monoisotopic (exact) mass is 249 g/mol. The maximum Gasteiger partial charge on any atom is 0.127 e. The van der Waals surface area contributed by atoms with E-state index in [1.807, 2.05) is 43.3 Å². The third kappa shape index (κ3) is 1.95. The van der Waals surface area contributed by atoms with E-state index in [1.54, 1.807) is 0 Å². The number of rotatable bonds is 3. The molecule has 1 atom stereocenters. The number of carbonyl (C=O) groups is 1. The second-order valence-corrected chi connectivity index (χ2v) is 4.75. The van der Waals surface area contributed by atoms with Gasteiger partial charge < -0.3 is 9.78 Å². The van der Waals surface area contributed by atoms with Gasteiger partial charge in [-0.15, -0.1) is 0 Å². The number of benzene rings is 2. The lowest BCUT2D eigenvalue weighted by Crippen LogP contribution is -1.95. The quantitative estimate of drug-likeness (QED) is 0.695. The first kappa shape index (κ1) is 11.7. The van der Waals surface area contributed by atoms with Gasteiger partial charge in [-0.3, -0.25) is 0 Å². The SMILES string of the molecule is CC(C=O)c1c(-c2ccccc2)[nH]c2ccccc12. The van der Waals surface area contributed by atoms with E-state index < -0.39 is 0 Å². The van der Waals surface area contributed by atoms with Crippen LogP contribution in [-0.4, -0.2) is 11.3 Å². The van der Waals surface area contributed by atoms with Gasteiger partial charge >= 0.3 is 0 Å². The Kier molecular flexibility index (Phi) is 2.92. The predicted octanol–water partition coefficient (Wildman–Crippen LogP) is 4.14. The molecule has 0 radical (unpaired) electrons. The van der Waals surface area contributed by atoms with E-state index in [2.05, 4.69) is 23.2 Å². The number of para-hydroxylation sites is 1. The number of aromatic amines is 1. The number of fused-ring (bicyclic) bond motifs is 1. The Hall–Kier alpha value is -2.35. The number of carbonyl (C=O) groups excluding carboxylic acids is 1. The van der Waals surface area contributed by atoms with Gasteiger partial charge in [-0.2, -0.15) is 0 Å².